The molecule has 0 aliphatic carbocycles. The lowest BCUT2D eigenvalue weighted by molar-refractivity contribution is 0.576. The molecular weight excluding hydrogens is 263 g/mol. The second-order valence-corrected chi connectivity index (χ2v) is 3.99. The van der Waals surface area contributed by atoms with Crippen molar-refractivity contribution < 1.29 is 4.39 Å². The Morgan fingerprint density at radius 3 is 2.93 bits per heavy atom. The lowest BCUT2D eigenvalue weighted by Crippen LogP contribution is -2.02. The number of aromatic nitrogens is 3. The molecule has 2 rings (SSSR count). The highest BCUT2D eigenvalue weighted by Gasteiger charge is 2.04. The van der Waals surface area contributed by atoms with E-state index in [0.717, 1.165) is 4.47 Å². The van der Waals surface area contributed by atoms with Gasteiger partial charge in [-0.3, -0.25) is 0 Å². The molecule has 0 amide bonds. The van der Waals surface area contributed by atoms with Gasteiger partial charge in [-0.25, -0.2) is 9.07 Å². The van der Waals surface area contributed by atoms with Gasteiger partial charge in [0, 0.05) is 10.0 Å². The maximum atomic E-state index is 13.3. The monoisotopic (exact) mass is 270 g/mol. The fourth-order valence-corrected chi connectivity index (χ4v) is 1.64. The molecule has 0 saturated heterocycles. The average molecular weight is 271 g/mol. The molecule has 2 aromatic rings. The molecular formula is C9H8BrFN4. The molecule has 0 bridgehead atoms. The average Bonchev–Trinajstić information content (AvgIpc) is 2.58. The molecule has 1 aromatic carbocycles. The summed E-state index contributed by atoms with van der Waals surface area (Å²) in [7, 11) is 0. The topological polar surface area (TPSA) is 56.7 Å². The van der Waals surface area contributed by atoms with Crippen LogP contribution in [0.15, 0.2) is 28.9 Å². The van der Waals surface area contributed by atoms with Crippen LogP contribution in [0.2, 0.25) is 0 Å². The third-order valence-corrected chi connectivity index (χ3v) is 2.39. The quantitative estimate of drug-likeness (QED) is 0.906. The smallest absolute Gasteiger partial charge is 0.165 e. The zero-order valence-electron chi connectivity index (χ0n) is 7.69. The van der Waals surface area contributed by atoms with E-state index >= 15 is 0 Å². The molecule has 1 aromatic heterocycles. The van der Waals surface area contributed by atoms with Crippen LogP contribution < -0.4 is 5.73 Å². The SMILES string of the molecule is Nc1cn(Cc2cc(Br)ccc2F)nn1. The van der Waals surface area contributed by atoms with E-state index in [2.05, 4.69) is 26.2 Å². The highest BCUT2D eigenvalue weighted by Crippen LogP contribution is 2.16. The van der Waals surface area contributed by atoms with E-state index in [1.165, 1.54) is 10.7 Å². The molecule has 0 saturated carbocycles. The lowest BCUT2D eigenvalue weighted by atomic mass is 10.2. The van der Waals surface area contributed by atoms with Crippen LogP contribution in [0.1, 0.15) is 5.56 Å². The predicted octanol–water partition coefficient (Wildman–Crippen LogP) is 1.81. The number of halogens is 2. The van der Waals surface area contributed by atoms with Gasteiger partial charge in [-0.1, -0.05) is 21.1 Å². The van der Waals surface area contributed by atoms with Crippen molar-refractivity contribution in [2.45, 2.75) is 6.54 Å². The van der Waals surface area contributed by atoms with Gasteiger partial charge >= 0.3 is 0 Å². The number of benzene rings is 1. The van der Waals surface area contributed by atoms with Gasteiger partial charge < -0.3 is 5.73 Å². The molecule has 0 aliphatic rings. The third kappa shape index (κ3) is 2.33. The number of anilines is 1. The van der Waals surface area contributed by atoms with Crippen LogP contribution in [0.5, 0.6) is 0 Å². The molecule has 78 valence electrons. The lowest BCUT2D eigenvalue weighted by Gasteiger charge is -2.03. The van der Waals surface area contributed by atoms with E-state index in [1.807, 2.05) is 0 Å². The number of nitrogens with zero attached hydrogens (tertiary/aromatic N) is 3. The van der Waals surface area contributed by atoms with E-state index in [4.69, 9.17) is 5.73 Å². The summed E-state index contributed by atoms with van der Waals surface area (Å²) in [6.07, 6.45) is 1.56. The summed E-state index contributed by atoms with van der Waals surface area (Å²) in [5.41, 5.74) is 5.94. The second-order valence-electron chi connectivity index (χ2n) is 3.08. The van der Waals surface area contributed by atoms with Crippen LogP contribution >= 0.6 is 15.9 Å². The Bertz CT molecular complexity index is 483. The zero-order chi connectivity index (χ0) is 10.8. The summed E-state index contributed by atoms with van der Waals surface area (Å²) in [5.74, 6) is 0.0534. The molecule has 15 heavy (non-hydrogen) atoms. The largest absolute Gasteiger partial charge is 0.381 e. The molecule has 0 radical (unpaired) electrons. The fraction of sp³-hybridized carbons (Fsp3) is 0.111. The Labute approximate surface area is 94.0 Å². The van der Waals surface area contributed by atoms with Crippen molar-refractivity contribution in [1.82, 2.24) is 15.0 Å². The Morgan fingerprint density at radius 1 is 1.47 bits per heavy atom. The fourth-order valence-electron chi connectivity index (χ4n) is 1.23. The van der Waals surface area contributed by atoms with Crippen molar-refractivity contribution in [1.29, 1.82) is 0 Å². The molecule has 0 spiro atoms. The van der Waals surface area contributed by atoms with Gasteiger partial charge in [0.05, 0.1) is 12.7 Å². The van der Waals surface area contributed by atoms with Gasteiger partial charge in [-0.05, 0) is 18.2 Å². The van der Waals surface area contributed by atoms with Crippen molar-refractivity contribution in [2.75, 3.05) is 5.73 Å². The summed E-state index contributed by atoms with van der Waals surface area (Å²) < 4.78 is 15.7. The van der Waals surface area contributed by atoms with E-state index in [0.29, 0.717) is 17.9 Å². The maximum absolute atomic E-state index is 13.3. The van der Waals surface area contributed by atoms with E-state index in [9.17, 15) is 4.39 Å². The number of nitrogen functional groups attached to an aromatic ring is 1. The van der Waals surface area contributed by atoms with Gasteiger partial charge in [0.1, 0.15) is 5.82 Å². The minimum atomic E-state index is -0.271. The molecule has 1 heterocycles. The highest BCUT2D eigenvalue weighted by atomic mass is 79.9. The van der Waals surface area contributed by atoms with Crippen LogP contribution in [0, 0.1) is 5.82 Å². The molecule has 0 unspecified atom stereocenters. The summed E-state index contributed by atoms with van der Waals surface area (Å²) in [6, 6.07) is 4.75. The number of hydrogen-bond donors (Lipinski definition) is 1. The first-order valence-electron chi connectivity index (χ1n) is 4.24. The van der Waals surface area contributed by atoms with Crippen LogP contribution in [0.4, 0.5) is 10.2 Å². The Balaban J connectivity index is 2.27. The number of rotatable bonds is 2. The van der Waals surface area contributed by atoms with Gasteiger partial charge in [-0.2, -0.15) is 0 Å². The first-order chi connectivity index (χ1) is 7.15. The number of nitrogens with two attached hydrogens (primary N) is 1. The molecule has 0 atom stereocenters. The summed E-state index contributed by atoms with van der Waals surface area (Å²) in [5, 5.41) is 7.36. The van der Waals surface area contributed by atoms with Gasteiger partial charge in [0.25, 0.3) is 0 Å². The first kappa shape index (κ1) is 10.1. The summed E-state index contributed by atoms with van der Waals surface area (Å²) >= 11 is 3.28. The van der Waals surface area contributed by atoms with E-state index in [1.54, 1.807) is 18.3 Å². The van der Waals surface area contributed by atoms with E-state index in [-0.39, 0.29) is 5.82 Å². The standard InChI is InChI=1S/C9H8BrFN4/c10-7-1-2-8(11)6(3-7)4-15-5-9(12)13-14-15/h1-3,5H,4,12H2. The second kappa shape index (κ2) is 3.98. The Morgan fingerprint density at radius 2 is 2.27 bits per heavy atom. The van der Waals surface area contributed by atoms with Crippen molar-refractivity contribution in [3.63, 3.8) is 0 Å². The highest BCUT2D eigenvalue weighted by molar-refractivity contribution is 9.10. The van der Waals surface area contributed by atoms with E-state index < -0.39 is 0 Å². The number of hydrogen-bond acceptors (Lipinski definition) is 3. The van der Waals surface area contributed by atoms with Crippen LogP contribution in [-0.2, 0) is 6.54 Å². The first-order valence-corrected chi connectivity index (χ1v) is 5.04. The minimum absolute atomic E-state index is 0.271. The normalized spacial score (nSPS) is 10.5. The summed E-state index contributed by atoms with van der Waals surface area (Å²) in [6.45, 7) is 0.315. The molecule has 0 aliphatic heterocycles. The zero-order valence-corrected chi connectivity index (χ0v) is 9.28. The van der Waals surface area contributed by atoms with Crippen LogP contribution in [0.25, 0.3) is 0 Å². The third-order valence-electron chi connectivity index (χ3n) is 1.90. The van der Waals surface area contributed by atoms with Crippen molar-refractivity contribution in [3.8, 4) is 0 Å². The van der Waals surface area contributed by atoms with Crippen molar-refractivity contribution in [2.24, 2.45) is 0 Å². The van der Waals surface area contributed by atoms with Crippen LogP contribution in [-0.4, -0.2) is 15.0 Å². The molecule has 4 nitrogen and oxygen atoms in total. The van der Waals surface area contributed by atoms with Gasteiger partial charge in [-0.15, -0.1) is 5.10 Å². The van der Waals surface area contributed by atoms with Gasteiger partial charge in [0.15, 0.2) is 5.82 Å². The minimum Gasteiger partial charge on any atom is -0.381 e. The van der Waals surface area contributed by atoms with Gasteiger partial charge in [0.2, 0.25) is 0 Å². The molecule has 0 fully saturated rings. The Hall–Kier alpha value is -1.43. The van der Waals surface area contributed by atoms with Crippen LogP contribution in [0.3, 0.4) is 0 Å². The van der Waals surface area contributed by atoms with Crippen molar-refractivity contribution >= 4 is 21.7 Å². The van der Waals surface area contributed by atoms with Crippen molar-refractivity contribution in [3.05, 3.63) is 40.2 Å². The Kier molecular flexibility index (Phi) is 2.68. The predicted molar refractivity (Wildman–Crippen MR) is 57.6 cm³/mol. The molecule has 2 N–H and O–H groups in total. The summed E-state index contributed by atoms with van der Waals surface area (Å²) in [4.78, 5) is 0. The maximum Gasteiger partial charge on any atom is 0.165 e. The molecule has 6 heteroatoms.